The van der Waals surface area contributed by atoms with E-state index in [1.807, 2.05) is 65.6 Å². The van der Waals surface area contributed by atoms with Gasteiger partial charge in [0.2, 0.25) is 0 Å². The molecule has 1 saturated heterocycles. The topological polar surface area (TPSA) is 58.4 Å². The minimum absolute atomic E-state index is 0.0359. The summed E-state index contributed by atoms with van der Waals surface area (Å²) >= 11 is 0. The summed E-state index contributed by atoms with van der Waals surface area (Å²) in [6.45, 7) is 1.41. The van der Waals surface area contributed by atoms with E-state index >= 15 is 0 Å². The maximum atomic E-state index is 13.4. The van der Waals surface area contributed by atoms with Gasteiger partial charge in [-0.2, -0.15) is 0 Å². The fraction of sp³-hybridized carbons (Fsp3) is 0.167. The fourth-order valence-corrected chi connectivity index (χ4v) is 3.91. The first-order valence-electron chi connectivity index (χ1n) is 9.82. The van der Waals surface area contributed by atoms with Crippen LogP contribution in [-0.4, -0.2) is 34.9 Å². The molecule has 1 fully saturated rings. The number of anilines is 1. The summed E-state index contributed by atoms with van der Waals surface area (Å²) in [6, 6.07) is 23.7. The number of fused-ring (bicyclic) bond motifs is 1. The van der Waals surface area contributed by atoms with Crippen LogP contribution in [0.4, 0.5) is 5.69 Å². The maximum absolute atomic E-state index is 13.4. The molecule has 0 spiro atoms. The van der Waals surface area contributed by atoms with Gasteiger partial charge >= 0.3 is 0 Å². The molecular weight excluding hydrogens is 362 g/mol. The van der Waals surface area contributed by atoms with Gasteiger partial charge in [-0.15, -0.1) is 0 Å². The summed E-state index contributed by atoms with van der Waals surface area (Å²) < 4.78 is 5.51. The number of carbonyl (C=O) groups is 1. The number of nitrogens with zero attached hydrogens (tertiary/aromatic N) is 2. The number of benzene rings is 2. The largest absolute Gasteiger partial charge is 0.463 e. The molecule has 1 aliphatic heterocycles. The Balaban J connectivity index is 1.43. The number of rotatable bonds is 4. The van der Waals surface area contributed by atoms with Crippen molar-refractivity contribution in [1.82, 2.24) is 9.88 Å². The van der Waals surface area contributed by atoms with E-state index in [9.17, 15) is 4.79 Å². The van der Waals surface area contributed by atoms with Crippen molar-refractivity contribution >= 4 is 22.5 Å². The zero-order chi connectivity index (χ0) is 19.6. The zero-order valence-electron chi connectivity index (χ0n) is 15.9. The second kappa shape index (κ2) is 7.43. The Morgan fingerprint density at radius 1 is 1.03 bits per heavy atom. The monoisotopic (exact) mass is 383 g/mol. The van der Waals surface area contributed by atoms with Crippen molar-refractivity contribution in [2.75, 3.05) is 18.4 Å². The van der Waals surface area contributed by atoms with Gasteiger partial charge in [0.05, 0.1) is 17.3 Å². The van der Waals surface area contributed by atoms with Gasteiger partial charge < -0.3 is 14.6 Å². The SMILES string of the molecule is O=C(c1cc(-c2ccco2)nc2ccccc12)N1CCC(Nc2ccccc2)C1. The fourth-order valence-electron chi connectivity index (χ4n) is 3.91. The Morgan fingerprint density at radius 3 is 2.69 bits per heavy atom. The summed E-state index contributed by atoms with van der Waals surface area (Å²) in [7, 11) is 0. The third-order valence-corrected chi connectivity index (χ3v) is 5.34. The van der Waals surface area contributed by atoms with Crippen LogP contribution in [0.15, 0.2) is 83.5 Å². The molecule has 2 aromatic carbocycles. The highest BCUT2D eigenvalue weighted by Crippen LogP contribution is 2.27. The number of pyridine rings is 1. The number of furan rings is 1. The lowest BCUT2D eigenvalue weighted by Gasteiger charge is -2.19. The normalized spacial score (nSPS) is 16.3. The lowest BCUT2D eigenvalue weighted by atomic mass is 10.1. The average Bonchev–Trinajstić information content (AvgIpc) is 3.46. The maximum Gasteiger partial charge on any atom is 0.254 e. The van der Waals surface area contributed by atoms with Crippen LogP contribution in [0.5, 0.6) is 0 Å². The van der Waals surface area contributed by atoms with Crippen LogP contribution >= 0.6 is 0 Å². The first-order valence-corrected chi connectivity index (χ1v) is 9.82. The van der Waals surface area contributed by atoms with Crippen LogP contribution in [-0.2, 0) is 0 Å². The number of nitrogens with one attached hydrogen (secondary N) is 1. The van der Waals surface area contributed by atoms with Crippen LogP contribution in [0.1, 0.15) is 16.8 Å². The molecule has 1 unspecified atom stereocenters. The first kappa shape index (κ1) is 17.5. The van der Waals surface area contributed by atoms with Crippen LogP contribution in [0.25, 0.3) is 22.4 Å². The molecule has 5 heteroatoms. The van der Waals surface area contributed by atoms with Gasteiger partial charge in [-0.1, -0.05) is 36.4 Å². The minimum atomic E-state index is 0.0359. The number of carbonyl (C=O) groups excluding carboxylic acids is 1. The Morgan fingerprint density at radius 2 is 1.86 bits per heavy atom. The van der Waals surface area contributed by atoms with Gasteiger partial charge in [0.25, 0.3) is 5.91 Å². The van der Waals surface area contributed by atoms with Gasteiger partial charge in [0.1, 0.15) is 5.69 Å². The predicted molar refractivity (Wildman–Crippen MR) is 114 cm³/mol. The van der Waals surface area contributed by atoms with Gasteiger partial charge in [0.15, 0.2) is 5.76 Å². The molecule has 0 radical (unpaired) electrons. The lowest BCUT2D eigenvalue weighted by Crippen LogP contribution is -2.31. The number of likely N-dealkylation sites (tertiary alicyclic amines) is 1. The number of para-hydroxylation sites is 2. The summed E-state index contributed by atoms with van der Waals surface area (Å²) in [5.41, 5.74) is 3.22. The van der Waals surface area contributed by atoms with Crippen LogP contribution < -0.4 is 5.32 Å². The van der Waals surface area contributed by atoms with E-state index in [0.29, 0.717) is 23.6 Å². The molecule has 1 aliphatic rings. The van der Waals surface area contributed by atoms with Crippen LogP contribution in [0.2, 0.25) is 0 Å². The molecule has 144 valence electrons. The number of amides is 1. The third-order valence-electron chi connectivity index (χ3n) is 5.34. The molecule has 1 N–H and O–H groups in total. The van der Waals surface area contributed by atoms with Gasteiger partial charge in [-0.25, -0.2) is 4.98 Å². The minimum Gasteiger partial charge on any atom is -0.463 e. The Labute approximate surface area is 169 Å². The van der Waals surface area contributed by atoms with Crippen molar-refractivity contribution in [3.05, 3.63) is 84.6 Å². The Bertz CT molecular complexity index is 1140. The molecule has 0 bridgehead atoms. The number of hydrogen-bond donors (Lipinski definition) is 1. The molecular formula is C24H21N3O2. The zero-order valence-corrected chi connectivity index (χ0v) is 15.9. The van der Waals surface area contributed by atoms with E-state index in [0.717, 1.165) is 29.6 Å². The lowest BCUT2D eigenvalue weighted by molar-refractivity contribution is 0.0793. The Kier molecular flexibility index (Phi) is 4.48. The molecule has 29 heavy (non-hydrogen) atoms. The quantitative estimate of drug-likeness (QED) is 0.549. The van der Waals surface area contributed by atoms with E-state index in [4.69, 9.17) is 4.42 Å². The molecule has 1 atom stereocenters. The van der Waals surface area contributed by atoms with Crippen molar-refractivity contribution in [3.63, 3.8) is 0 Å². The second-order valence-electron chi connectivity index (χ2n) is 7.30. The molecule has 5 rings (SSSR count). The smallest absolute Gasteiger partial charge is 0.254 e. The van der Waals surface area contributed by atoms with Crippen molar-refractivity contribution in [1.29, 1.82) is 0 Å². The van der Waals surface area contributed by atoms with Crippen LogP contribution in [0.3, 0.4) is 0 Å². The first-order chi connectivity index (χ1) is 14.3. The van der Waals surface area contributed by atoms with Crippen molar-refractivity contribution in [2.24, 2.45) is 0 Å². The molecule has 1 amide bonds. The molecule has 0 saturated carbocycles. The van der Waals surface area contributed by atoms with Crippen molar-refractivity contribution < 1.29 is 9.21 Å². The number of aromatic nitrogens is 1. The summed E-state index contributed by atoms with van der Waals surface area (Å²) in [4.78, 5) is 20.0. The van der Waals surface area contributed by atoms with E-state index in [1.54, 1.807) is 6.26 Å². The molecule has 5 nitrogen and oxygen atoms in total. The second-order valence-corrected chi connectivity index (χ2v) is 7.30. The standard InChI is InChI=1S/C24H21N3O2/c28-24(27-13-12-18(16-27)25-17-7-2-1-3-8-17)20-15-22(23-11-6-14-29-23)26-21-10-5-4-9-19(20)21/h1-11,14-15,18,25H,12-13,16H2. The molecule has 3 heterocycles. The molecule has 2 aromatic heterocycles. The Hall–Kier alpha value is -3.60. The van der Waals surface area contributed by atoms with E-state index in [1.165, 1.54) is 0 Å². The summed E-state index contributed by atoms with van der Waals surface area (Å²) in [6.07, 6.45) is 2.54. The van der Waals surface area contributed by atoms with Gasteiger partial charge in [0, 0.05) is 30.2 Å². The molecule has 4 aromatic rings. The van der Waals surface area contributed by atoms with Gasteiger partial charge in [-0.05, 0) is 42.8 Å². The van der Waals surface area contributed by atoms with E-state index in [2.05, 4.69) is 22.4 Å². The highest BCUT2D eigenvalue weighted by Gasteiger charge is 2.28. The molecule has 0 aliphatic carbocycles. The summed E-state index contributed by atoms with van der Waals surface area (Å²) in [5.74, 6) is 0.698. The van der Waals surface area contributed by atoms with Gasteiger partial charge in [-0.3, -0.25) is 4.79 Å². The highest BCUT2D eigenvalue weighted by atomic mass is 16.3. The summed E-state index contributed by atoms with van der Waals surface area (Å²) in [5, 5.41) is 4.39. The third kappa shape index (κ3) is 3.47. The van der Waals surface area contributed by atoms with Crippen molar-refractivity contribution in [3.8, 4) is 11.5 Å². The van der Waals surface area contributed by atoms with Crippen LogP contribution in [0, 0.1) is 0 Å². The van der Waals surface area contributed by atoms with E-state index < -0.39 is 0 Å². The predicted octanol–water partition coefficient (Wildman–Crippen LogP) is 4.82. The average molecular weight is 383 g/mol. The van der Waals surface area contributed by atoms with Crippen molar-refractivity contribution in [2.45, 2.75) is 12.5 Å². The van der Waals surface area contributed by atoms with E-state index in [-0.39, 0.29) is 11.9 Å². The highest BCUT2D eigenvalue weighted by molar-refractivity contribution is 6.07. The number of hydrogen-bond acceptors (Lipinski definition) is 4.